The number of carbonyl (C=O) groups excluding carboxylic acids is 1. The van der Waals surface area contributed by atoms with E-state index in [0.717, 1.165) is 16.0 Å². The summed E-state index contributed by atoms with van der Waals surface area (Å²) >= 11 is 1.39. The number of aromatic nitrogens is 1. The number of ether oxygens (including phenoxy) is 1. The van der Waals surface area contributed by atoms with E-state index in [4.69, 9.17) is 9.84 Å². The van der Waals surface area contributed by atoms with E-state index in [9.17, 15) is 9.59 Å². The summed E-state index contributed by atoms with van der Waals surface area (Å²) in [6, 6.07) is 5.61. The highest BCUT2D eigenvalue weighted by atomic mass is 32.1. The number of aliphatic carboxylic acids is 1. The van der Waals surface area contributed by atoms with Gasteiger partial charge in [-0.25, -0.2) is 4.98 Å². The zero-order valence-corrected chi connectivity index (χ0v) is 13.1. The Morgan fingerprint density at radius 2 is 2.09 bits per heavy atom. The number of hydrogen-bond acceptors (Lipinski definition) is 5. The summed E-state index contributed by atoms with van der Waals surface area (Å²) in [6.07, 6.45) is 1.44. The lowest BCUT2D eigenvalue weighted by molar-refractivity contribution is -0.137. The van der Waals surface area contributed by atoms with Crippen LogP contribution in [0.2, 0.25) is 0 Å². The van der Waals surface area contributed by atoms with Gasteiger partial charge in [0.15, 0.2) is 5.13 Å². The van der Waals surface area contributed by atoms with Gasteiger partial charge in [0.2, 0.25) is 5.91 Å². The molecule has 1 aromatic heterocycles. The van der Waals surface area contributed by atoms with E-state index in [1.807, 2.05) is 25.1 Å². The topological polar surface area (TPSA) is 88.5 Å². The van der Waals surface area contributed by atoms with Crippen LogP contribution in [0.1, 0.15) is 32.6 Å². The van der Waals surface area contributed by atoms with Gasteiger partial charge in [-0.3, -0.25) is 9.59 Å². The van der Waals surface area contributed by atoms with Crippen molar-refractivity contribution in [3.8, 4) is 5.75 Å². The fourth-order valence-electron chi connectivity index (χ4n) is 1.96. The molecule has 1 amide bonds. The summed E-state index contributed by atoms with van der Waals surface area (Å²) in [4.78, 5) is 26.5. The molecule has 1 aromatic carbocycles. The first-order chi connectivity index (χ1) is 10.6. The molecule has 7 heteroatoms. The lowest BCUT2D eigenvalue weighted by atomic mass is 10.2. The van der Waals surface area contributed by atoms with E-state index < -0.39 is 5.97 Å². The van der Waals surface area contributed by atoms with Crippen molar-refractivity contribution in [2.24, 2.45) is 0 Å². The molecule has 0 fully saturated rings. The molecule has 6 nitrogen and oxygen atoms in total. The first-order valence-electron chi connectivity index (χ1n) is 7.13. The Hall–Kier alpha value is -2.15. The number of carbonyl (C=O) groups is 2. The molecule has 22 heavy (non-hydrogen) atoms. The minimum Gasteiger partial charge on any atom is -0.494 e. The second-order valence-corrected chi connectivity index (χ2v) is 5.76. The Labute approximate surface area is 132 Å². The van der Waals surface area contributed by atoms with Gasteiger partial charge in [-0.2, -0.15) is 0 Å². The average Bonchev–Trinajstić information content (AvgIpc) is 2.85. The van der Waals surface area contributed by atoms with Crippen LogP contribution in [-0.2, 0) is 9.59 Å². The second kappa shape index (κ2) is 7.74. The van der Waals surface area contributed by atoms with Gasteiger partial charge in [0.1, 0.15) is 5.75 Å². The van der Waals surface area contributed by atoms with E-state index in [2.05, 4.69) is 10.3 Å². The van der Waals surface area contributed by atoms with E-state index in [-0.39, 0.29) is 12.3 Å². The highest BCUT2D eigenvalue weighted by molar-refractivity contribution is 7.22. The van der Waals surface area contributed by atoms with E-state index in [0.29, 0.717) is 31.0 Å². The second-order valence-electron chi connectivity index (χ2n) is 4.73. The number of anilines is 1. The molecule has 2 rings (SSSR count). The maximum absolute atomic E-state index is 11.8. The molecule has 2 N–H and O–H groups in total. The Morgan fingerprint density at radius 1 is 1.32 bits per heavy atom. The zero-order valence-electron chi connectivity index (χ0n) is 12.3. The summed E-state index contributed by atoms with van der Waals surface area (Å²) in [7, 11) is 0. The van der Waals surface area contributed by atoms with Crippen LogP contribution in [0.4, 0.5) is 5.13 Å². The molecule has 0 saturated carbocycles. The molecular weight excluding hydrogens is 304 g/mol. The molecule has 0 bridgehead atoms. The highest BCUT2D eigenvalue weighted by Crippen LogP contribution is 2.29. The van der Waals surface area contributed by atoms with Crippen LogP contribution in [-0.4, -0.2) is 28.6 Å². The number of hydrogen-bond donors (Lipinski definition) is 2. The normalized spacial score (nSPS) is 10.6. The van der Waals surface area contributed by atoms with Crippen LogP contribution >= 0.6 is 11.3 Å². The maximum Gasteiger partial charge on any atom is 0.303 e. The van der Waals surface area contributed by atoms with E-state index in [1.165, 1.54) is 11.3 Å². The van der Waals surface area contributed by atoms with Crippen molar-refractivity contribution in [2.75, 3.05) is 11.9 Å². The van der Waals surface area contributed by atoms with Gasteiger partial charge >= 0.3 is 5.97 Å². The van der Waals surface area contributed by atoms with Gasteiger partial charge in [0.05, 0.1) is 16.8 Å². The standard InChI is InChI=1S/C15H18N2O4S/c1-2-21-10-7-8-11-12(9-10)22-15(16-11)17-13(18)5-3-4-6-14(19)20/h7-9H,2-6H2,1H3,(H,19,20)(H,16,17,18). The number of fused-ring (bicyclic) bond motifs is 1. The Bertz CT molecular complexity index is 669. The van der Waals surface area contributed by atoms with Crippen LogP contribution in [0.3, 0.4) is 0 Å². The van der Waals surface area contributed by atoms with Gasteiger partial charge in [-0.1, -0.05) is 11.3 Å². The molecule has 118 valence electrons. The molecule has 0 saturated heterocycles. The molecule has 0 aliphatic carbocycles. The molecule has 0 aliphatic heterocycles. The van der Waals surface area contributed by atoms with Crippen LogP contribution in [0, 0.1) is 0 Å². The Kier molecular flexibility index (Phi) is 5.71. The number of amides is 1. The number of nitrogens with zero attached hydrogens (tertiary/aromatic N) is 1. The summed E-state index contributed by atoms with van der Waals surface area (Å²) in [6.45, 7) is 2.52. The van der Waals surface area contributed by atoms with Crippen LogP contribution in [0.15, 0.2) is 18.2 Å². The van der Waals surface area contributed by atoms with Gasteiger partial charge in [0.25, 0.3) is 0 Å². The quantitative estimate of drug-likeness (QED) is 0.728. The SMILES string of the molecule is CCOc1ccc2nc(NC(=O)CCCCC(=O)O)sc2c1. The Balaban J connectivity index is 1.90. The van der Waals surface area contributed by atoms with Crippen molar-refractivity contribution in [1.29, 1.82) is 0 Å². The first kappa shape index (κ1) is 16.2. The lowest BCUT2D eigenvalue weighted by Crippen LogP contribution is -2.11. The van der Waals surface area contributed by atoms with Gasteiger partial charge in [-0.05, 0) is 38.0 Å². The van der Waals surface area contributed by atoms with Crippen molar-refractivity contribution in [3.05, 3.63) is 18.2 Å². The molecule has 0 spiro atoms. The molecule has 0 radical (unpaired) electrons. The third-order valence-electron chi connectivity index (χ3n) is 2.96. The third-order valence-corrected chi connectivity index (χ3v) is 3.90. The molecule has 1 heterocycles. The molecule has 0 atom stereocenters. The van der Waals surface area contributed by atoms with Gasteiger partial charge in [0, 0.05) is 12.8 Å². The van der Waals surface area contributed by atoms with Crippen LogP contribution in [0.5, 0.6) is 5.75 Å². The summed E-state index contributed by atoms with van der Waals surface area (Å²) in [5.41, 5.74) is 0.814. The van der Waals surface area contributed by atoms with Crippen molar-refractivity contribution in [3.63, 3.8) is 0 Å². The van der Waals surface area contributed by atoms with Crippen LogP contribution < -0.4 is 10.1 Å². The predicted octanol–water partition coefficient (Wildman–Crippen LogP) is 3.28. The molecule has 2 aromatic rings. The third kappa shape index (κ3) is 4.70. The highest BCUT2D eigenvalue weighted by Gasteiger charge is 2.09. The number of nitrogens with one attached hydrogen (secondary N) is 1. The number of rotatable bonds is 8. The number of carboxylic acid groups (broad SMARTS) is 1. The van der Waals surface area contributed by atoms with Crippen molar-refractivity contribution in [2.45, 2.75) is 32.6 Å². The van der Waals surface area contributed by atoms with Crippen LogP contribution in [0.25, 0.3) is 10.2 Å². The number of unbranched alkanes of at least 4 members (excludes halogenated alkanes) is 1. The predicted molar refractivity (Wildman–Crippen MR) is 85.5 cm³/mol. The fraction of sp³-hybridized carbons (Fsp3) is 0.400. The molecular formula is C15H18N2O4S. The van der Waals surface area contributed by atoms with E-state index in [1.54, 1.807) is 0 Å². The van der Waals surface area contributed by atoms with Gasteiger partial charge < -0.3 is 15.2 Å². The number of thiazole rings is 1. The maximum atomic E-state index is 11.8. The summed E-state index contributed by atoms with van der Waals surface area (Å²) in [5, 5.41) is 11.8. The summed E-state index contributed by atoms with van der Waals surface area (Å²) in [5.74, 6) is -0.198. The molecule has 0 unspecified atom stereocenters. The van der Waals surface area contributed by atoms with Gasteiger partial charge in [-0.15, -0.1) is 0 Å². The fourth-order valence-corrected chi connectivity index (χ4v) is 2.87. The number of benzene rings is 1. The monoisotopic (exact) mass is 322 g/mol. The number of carboxylic acids is 1. The zero-order chi connectivity index (χ0) is 15.9. The Morgan fingerprint density at radius 3 is 2.82 bits per heavy atom. The molecule has 0 aliphatic rings. The minimum atomic E-state index is -0.836. The largest absolute Gasteiger partial charge is 0.494 e. The van der Waals surface area contributed by atoms with Crippen molar-refractivity contribution in [1.82, 2.24) is 4.98 Å². The average molecular weight is 322 g/mol. The first-order valence-corrected chi connectivity index (χ1v) is 7.95. The summed E-state index contributed by atoms with van der Waals surface area (Å²) < 4.78 is 6.38. The minimum absolute atomic E-state index is 0.0919. The smallest absolute Gasteiger partial charge is 0.303 e. The lowest BCUT2D eigenvalue weighted by Gasteiger charge is -2.00. The van der Waals surface area contributed by atoms with Crippen molar-refractivity contribution < 1.29 is 19.4 Å². The van der Waals surface area contributed by atoms with Crippen molar-refractivity contribution >= 4 is 38.6 Å². The van der Waals surface area contributed by atoms with E-state index >= 15 is 0 Å².